The number of anilines is 1. The molecule has 2 atom stereocenters. The van der Waals surface area contributed by atoms with Crippen molar-refractivity contribution in [3.8, 4) is 0 Å². The van der Waals surface area contributed by atoms with Crippen LogP contribution >= 0.6 is 23.2 Å². The molecule has 0 saturated carbocycles. The highest BCUT2D eigenvalue weighted by molar-refractivity contribution is 6.32. The van der Waals surface area contributed by atoms with Gasteiger partial charge < -0.3 is 9.80 Å². The largest absolute Gasteiger partial charge is 0.368 e. The maximum Gasteiger partial charge on any atom is 0.162 e. The molecule has 4 nitrogen and oxygen atoms in total. The van der Waals surface area contributed by atoms with Crippen LogP contribution in [0.4, 0.5) is 5.69 Å². The van der Waals surface area contributed by atoms with Crippen LogP contribution in [0.15, 0.2) is 18.2 Å². The van der Waals surface area contributed by atoms with Crippen molar-refractivity contribution in [3.63, 3.8) is 0 Å². The van der Waals surface area contributed by atoms with Crippen LogP contribution in [0.3, 0.4) is 0 Å². The molecule has 2 unspecified atom stereocenters. The Kier molecular flexibility index (Phi) is 3.21. The van der Waals surface area contributed by atoms with Gasteiger partial charge in [0.1, 0.15) is 5.15 Å². The van der Waals surface area contributed by atoms with E-state index in [0.29, 0.717) is 16.0 Å². The minimum absolute atomic E-state index is 0.442. The van der Waals surface area contributed by atoms with E-state index in [-0.39, 0.29) is 0 Å². The summed E-state index contributed by atoms with van der Waals surface area (Å²) in [7, 11) is 2.20. The highest BCUT2D eigenvalue weighted by atomic mass is 35.5. The summed E-state index contributed by atoms with van der Waals surface area (Å²) in [5, 5.41) is 1.94. The smallest absolute Gasteiger partial charge is 0.162 e. The van der Waals surface area contributed by atoms with Crippen molar-refractivity contribution in [3.05, 3.63) is 28.5 Å². The monoisotopic (exact) mass is 322 g/mol. The van der Waals surface area contributed by atoms with Gasteiger partial charge in [-0.15, -0.1) is 0 Å². The van der Waals surface area contributed by atoms with Crippen LogP contribution in [-0.2, 0) is 0 Å². The Morgan fingerprint density at radius 2 is 1.76 bits per heavy atom. The summed E-state index contributed by atoms with van der Waals surface area (Å²) in [4.78, 5) is 13.4. The van der Waals surface area contributed by atoms with Gasteiger partial charge in [-0.25, -0.2) is 9.97 Å². The molecule has 110 valence electrons. The number of fused-ring (bicyclic) bond motifs is 2. The summed E-state index contributed by atoms with van der Waals surface area (Å²) in [6, 6.07) is 5.82. The van der Waals surface area contributed by atoms with E-state index in [2.05, 4.69) is 32.9 Å². The second kappa shape index (κ2) is 4.97. The third kappa shape index (κ3) is 2.35. The molecule has 0 aromatic carbocycles. The molecule has 2 aromatic rings. The minimum atomic E-state index is 0.442. The average molecular weight is 323 g/mol. The third-order valence-corrected chi connectivity index (χ3v) is 5.08. The maximum absolute atomic E-state index is 6.37. The molecule has 0 bridgehead atoms. The van der Waals surface area contributed by atoms with E-state index >= 15 is 0 Å². The van der Waals surface area contributed by atoms with Crippen molar-refractivity contribution in [2.45, 2.75) is 0 Å². The standard InChI is InChI=1S/C15H16Cl2N4/c1-20-5-10-7-21(8-11(10)6-20)12-4-9-2-3-13(16)18-15(9)19-14(12)17/h2-4,10-11H,5-8H2,1H3. The van der Waals surface area contributed by atoms with Crippen LogP contribution in [0.2, 0.25) is 10.3 Å². The normalized spacial score (nSPS) is 25.8. The number of likely N-dealkylation sites (tertiary alicyclic amines) is 1. The highest BCUT2D eigenvalue weighted by Crippen LogP contribution is 2.36. The first-order valence-electron chi connectivity index (χ1n) is 7.16. The molecule has 0 amide bonds. The van der Waals surface area contributed by atoms with Gasteiger partial charge in [0.2, 0.25) is 0 Å². The average Bonchev–Trinajstić information content (AvgIpc) is 2.94. The van der Waals surface area contributed by atoms with Crippen LogP contribution in [0, 0.1) is 11.8 Å². The molecule has 2 aliphatic rings. The first-order valence-corrected chi connectivity index (χ1v) is 7.92. The summed E-state index contributed by atoms with van der Waals surface area (Å²) >= 11 is 12.3. The lowest BCUT2D eigenvalue weighted by Crippen LogP contribution is -2.26. The summed E-state index contributed by atoms with van der Waals surface area (Å²) < 4.78 is 0. The Hall–Kier alpha value is -1.10. The van der Waals surface area contributed by atoms with Crippen molar-refractivity contribution in [2.75, 3.05) is 38.1 Å². The molecule has 0 spiro atoms. The molecule has 0 aliphatic carbocycles. The molecule has 2 saturated heterocycles. The van der Waals surface area contributed by atoms with Crippen molar-refractivity contribution in [2.24, 2.45) is 11.8 Å². The lowest BCUT2D eigenvalue weighted by Gasteiger charge is -2.22. The van der Waals surface area contributed by atoms with Gasteiger partial charge in [0, 0.05) is 31.6 Å². The summed E-state index contributed by atoms with van der Waals surface area (Å²) in [5.74, 6) is 1.48. The van der Waals surface area contributed by atoms with Crippen molar-refractivity contribution in [1.82, 2.24) is 14.9 Å². The fourth-order valence-corrected chi connectivity index (χ4v) is 4.04. The zero-order chi connectivity index (χ0) is 14.6. The van der Waals surface area contributed by atoms with E-state index in [4.69, 9.17) is 23.2 Å². The zero-order valence-electron chi connectivity index (χ0n) is 11.8. The first kappa shape index (κ1) is 13.6. The predicted molar refractivity (Wildman–Crippen MR) is 86.2 cm³/mol. The van der Waals surface area contributed by atoms with Gasteiger partial charge in [0.05, 0.1) is 5.69 Å². The third-order valence-electron chi connectivity index (χ3n) is 4.59. The van der Waals surface area contributed by atoms with Crippen LogP contribution in [0.1, 0.15) is 0 Å². The van der Waals surface area contributed by atoms with E-state index in [1.54, 1.807) is 6.07 Å². The van der Waals surface area contributed by atoms with Crippen molar-refractivity contribution >= 4 is 39.9 Å². The van der Waals surface area contributed by atoms with Crippen LogP contribution in [0.25, 0.3) is 11.0 Å². The molecule has 2 fully saturated rings. The van der Waals surface area contributed by atoms with Gasteiger partial charge in [0.25, 0.3) is 0 Å². The van der Waals surface area contributed by atoms with Gasteiger partial charge in [-0.05, 0) is 37.1 Å². The fraction of sp³-hybridized carbons (Fsp3) is 0.467. The number of aromatic nitrogens is 2. The van der Waals surface area contributed by atoms with Gasteiger partial charge in [0.15, 0.2) is 10.8 Å². The number of hydrogen-bond donors (Lipinski definition) is 0. The van der Waals surface area contributed by atoms with Gasteiger partial charge in [-0.2, -0.15) is 0 Å². The van der Waals surface area contributed by atoms with Crippen molar-refractivity contribution in [1.29, 1.82) is 0 Å². The Morgan fingerprint density at radius 1 is 1.05 bits per heavy atom. The SMILES string of the molecule is CN1CC2CN(c3cc4ccc(Cl)nc4nc3Cl)CC2C1. The number of hydrogen-bond acceptors (Lipinski definition) is 4. The van der Waals surface area contributed by atoms with E-state index in [1.807, 2.05) is 6.07 Å². The topological polar surface area (TPSA) is 32.3 Å². The van der Waals surface area contributed by atoms with Gasteiger partial charge >= 0.3 is 0 Å². The molecule has 4 heterocycles. The minimum Gasteiger partial charge on any atom is -0.368 e. The molecule has 0 N–H and O–H groups in total. The molecule has 4 rings (SSSR count). The lowest BCUT2D eigenvalue weighted by atomic mass is 10.0. The number of halogens is 2. The summed E-state index contributed by atoms with van der Waals surface area (Å²) in [6.45, 7) is 4.47. The van der Waals surface area contributed by atoms with Crippen LogP contribution in [0.5, 0.6) is 0 Å². The molecule has 6 heteroatoms. The first-order chi connectivity index (χ1) is 10.1. The second-order valence-corrected chi connectivity index (χ2v) is 6.87. The lowest BCUT2D eigenvalue weighted by molar-refractivity contribution is 0.387. The number of nitrogens with zero attached hydrogens (tertiary/aromatic N) is 4. The summed E-state index contributed by atoms with van der Waals surface area (Å²) in [5.41, 5.74) is 1.63. The molecule has 21 heavy (non-hydrogen) atoms. The number of rotatable bonds is 1. The molecular formula is C15H16Cl2N4. The van der Waals surface area contributed by atoms with E-state index in [9.17, 15) is 0 Å². The van der Waals surface area contributed by atoms with E-state index in [1.165, 1.54) is 13.1 Å². The fourth-order valence-electron chi connectivity index (χ4n) is 3.64. The molecule has 2 aromatic heterocycles. The molecule has 2 aliphatic heterocycles. The van der Waals surface area contributed by atoms with Gasteiger partial charge in [-0.1, -0.05) is 23.2 Å². The van der Waals surface area contributed by atoms with Gasteiger partial charge in [-0.3, -0.25) is 0 Å². The predicted octanol–water partition coefficient (Wildman–Crippen LogP) is 2.93. The Bertz CT molecular complexity index is 691. The molecule has 0 radical (unpaired) electrons. The van der Waals surface area contributed by atoms with Crippen molar-refractivity contribution < 1.29 is 0 Å². The Labute approximate surface area is 133 Å². The number of pyridine rings is 2. The second-order valence-electron chi connectivity index (χ2n) is 6.13. The van der Waals surface area contributed by atoms with E-state index in [0.717, 1.165) is 36.0 Å². The van der Waals surface area contributed by atoms with Crippen LogP contribution < -0.4 is 4.90 Å². The van der Waals surface area contributed by atoms with E-state index < -0.39 is 0 Å². The maximum atomic E-state index is 6.37. The summed E-state index contributed by atoms with van der Waals surface area (Å²) in [6.07, 6.45) is 0. The highest BCUT2D eigenvalue weighted by Gasteiger charge is 2.39. The quantitative estimate of drug-likeness (QED) is 0.756. The zero-order valence-corrected chi connectivity index (χ0v) is 13.3. The van der Waals surface area contributed by atoms with Crippen LogP contribution in [-0.4, -0.2) is 48.1 Å². The Balaban J connectivity index is 1.68. The molecular weight excluding hydrogens is 307 g/mol. The Morgan fingerprint density at radius 3 is 2.48 bits per heavy atom.